The van der Waals surface area contributed by atoms with Crippen LogP contribution < -0.4 is 5.32 Å². The Morgan fingerprint density at radius 1 is 1.00 bits per heavy atom. The van der Waals surface area contributed by atoms with Crippen molar-refractivity contribution in [3.05, 3.63) is 30.1 Å². The Morgan fingerprint density at radius 2 is 1.75 bits per heavy atom. The molecule has 3 heteroatoms. The van der Waals surface area contributed by atoms with Gasteiger partial charge in [0.15, 0.2) is 0 Å². The van der Waals surface area contributed by atoms with Crippen LogP contribution in [0.5, 0.6) is 0 Å². The highest BCUT2D eigenvalue weighted by atomic mass is 15.1. The van der Waals surface area contributed by atoms with Gasteiger partial charge in [0.25, 0.3) is 0 Å². The van der Waals surface area contributed by atoms with Crippen molar-refractivity contribution in [3.8, 4) is 0 Å². The summed E-state index contributed by atoms with van der Waals surface area (Å²) in [5, 5.41) is 3.46. The van der Waals surface area contributed by atoms with E-state index < -0.39 is 0 Å². The van der Waals surface area contributed by atoms with E-state index in [9.17, 15) is 0 Å². The fourth-order valence-electron chi connectivity index (χ4n) is 2.34. The number of pyridine rings is 1. The fourth-order valence-corrected chi connectivity index (χ4v) is 2.34. The molecule has 0 atom stereocenters. The predicted molar refractivity (Wildman–Crippen MR) is 86.8 cm³/mol. The van der Waals surface area contributed by atoms with Gasteiger partial charge >= 0.3 is 0 Å². The molecule has 1 aromatic heterocycles. The van der Waals surface area contributed by atoms with E-state index in [0.29, 0.717) is 0 Å². The summed E-state index contributed by atoms with van der Waals surface area (Å²) < 4.78 is 0. The number of hydrogen-bond donors (Lipinski definition) is 1. The minimum absolute atomic E-state index is 1.05. The maximum absolute atomic E-state index is 4.07. The summed E-state index contributed by atoms with van der Waals surface area (Å²) in [5.74, 6) is 0. The Morgan fingerprint density at radius 3 is 2.45 bits per heavy atom. The second kappa shape index (κ2) is 11.9. The molecular weight excluding hydrogens is 246 g/mol. The lowest BCUT2D eigenvalue weighted by atomic mass is 10.1. The molecule has 20 heavy (non-hydrogen) atoms. The van der Waals surface area contributed by atoms with Crippen molar-refractivity contribution in [2.45, 2.75) is 52.5 Å². The van der Waals surface area contributed by atoms with Gasteiger partial charge in [0, 0.05) is 18.9 Å². The van der Waals surface area contributed by atoms with Crippen molar-refractivity contribution in [2.75, 3.05) is 26.2 Å². The lowest BCUT2D eigenvalue weighted by Gasteiger charge is -2.20. The van der Waals surface area contributed by atoms with Gasteiger partial charge in [-0.25, -0.2) is 0 Å². The van der Waals surface area contributed by atoms with E-state index in [0.717, 1.165) is 19.6 Å². The van der Waals surface area contributed by atoms with E-state index in [1.54, 1.807) is 0 Å². The molecule has 0 saturated heterocycles. The summed E-state index contributed by atoms with van der Waals surface area (Å²) in [6.45, 7) is 10.2. The Kier molecular flexibility index (Phi) is 10.2. The fraction of sp³-hybridized carbons (Fsp3) is 0.706. The largest absolute Gasteiger partial charge is 0.317 e. The second-order valence-electron chi connectivity index (χ2n) is 5.39. The van der Waals surface area contributed by atoms with Crippen LogP contribution in [0.1, 0.15) is 51.5 Å². The van der Waals surface area contributed by atoms with E-state index in [1.165, 1.54) is 50.8 Å². The van der Waals surface area contributed by atoms with Crippen molar-refractivity contribution < 1.29 is 0 Å². The minimum Gasteiger partial charge on any atom is -0.317 e. The molecule has 114 valence electrons. The van der Waals surface area contributed by atoms with Crippen molar-refractivity contribution in [1.82, 2.24) is 15.2 Å². The third-order valence-corrected chi connectivity index (χ3v) is 3.61. The first-order valence-electron chi connectivity index (χ1n) is 8.18. The highest BCUT2D eigenvalue weighted by Gasteiger charge is 2.03. The summed E-state index contributed by atoms with van der Waals surface area (Å²) in [6, 6.07) is 4.23. The average Bonchev–Trinajstić information content (AvgIpc) is 2.49. The molecule has 1 aromatic rings. The van der Waals surface area contributed by atoms with Crippen molar-refractivity contribution in [2.24, 2.45) is 0 Å². The molecule has 0 spiro atoms. The number of rotatable bonds is 12. The molecule has 0 bridgehead atoms. The van der Waals surface area contributed by atoms with Gasteiger partial charge in [0.2, 0.25) is 0 Å². The van der Waals surface area contributed by atoms with Gasteiger partial charge in [0.1, 0.15) is 0 Å². The SMILES string of the molecule is CCCNCCCCCCN(CC)Cc1ccncc1. The standard InChI is InChI=1S/C17H31N3/c1-3-11-18-12-7-5-6-8-15-20(4-2)16-17-9-13-19-14-10-17/h9-10,13-14,18H,3-8,11-12,15-16H2,1-2H3. The van der Waals surface area contributed by atoms with Crippen LogP contribution in [-0.2, 0) is 6.54 Å². The Balaban J connectivity index is 2.04. The van der Waals surface area contributed by atoms with Gasteiger partial charge < -0.3 is 5.32 Å². The Bertz CT molecular complexity index is 313. The molecule has 0 aliphatic carbocycles. The summed E-state index contributed by atoms with van der Waals surface area (Å²) in [7, 11) is 0. The molecule has 1 rings (SSSR count). The first-order valence-corrected chi connectivity index (χ1v) is 8.18. The molecule has 1 N–H and O–H groups in total. The highest BCUT2D eigenvalue weighted by Crippen LogP contribution is 2.06. The molecule has 0 aliphatic heterocycles. The van der Waals surface area contributed by atoms with Crippen molar-refractivity contribution >= 4 is 0 Å². The summed E-state index contributed by atoms with van der Waals surface area (Å²) in [4.78, 5) is 6.59. The first kappa shape index (κ1) is 17.1. The van der Waals surface area contributed by atoms with Crippen LogP contribution in [0.2, 0.25) is 0 Å². The zero-order chi connectivity index (χ0) is 14.5. The molecule has 0 radical (unpaired) electrons. The summed E-state index contributed by atoms with van der Waals surface area (Å²) >= 11 is 0. The smallest absolute Gasteiger partial charge is 0.0271 e. The predicted octanol–water partition coefficient (Wildman–Crippen LogP) is 3.46. The third kappa shape index (κ3) is 8.28. The first-order chi connectivity index (χ1) is 9.86. The third-order valence-electron chi connectivity index (χ3n) is 3.61. The number of unbranched alkanes of at least 4 members (excludes halogenated alkanes) is 3. The van der Waals surface area contributed by atoms with Crippen LogP contribution in [-0.4, -0.2) is 36.1 Å². The molecule has 1 heterocycles. The van der Waals surface area contributed by atoms with Crippen LogP contribution in [0.3, 0.4) is 0 Å². The normalized spacial score (nSPS) is 11.2. The molecule has 0 unspecified atom stereocenters. The van der Waals surface area contributed by atoms with Gasteiger partial charge in [-0.15, -0.1) is 0 Å². The maximum atomic E-state index is 4.07. The molecule has 0 aromatic carbocycles. The van der Waals surface area contributed by atoms with E-state index in [-0.39, 0.29) is 0 Å². The molecule has 0 amide bonds. The van der Waals surface area contributed by atoms with E-state index in [2.05, 4.69) is 41.2 Å². The van der Waals surface area contributed by atoms with Gasteiger partial charge in [-0.05, 0) is 63.1 Å². The lowest BCUT2D eigenvalue weighted by molar-refractivity contribution is 0.272. The van der Waals surface area contributed by atoms with Crippen LogP contribution >= 0.6 is 0 Å². The molecule has 0 aliphatic rings. The van der Waals surface area contributed by atoms with E-state index >= 15 is 0 Å². The van der Waals surface area contributed by atoms with Crippen LogP contribution in [0, 0.1) is 0 Å². The lowest BCUT2D eigenvalue weighted by Crippen LogP contribution is -2.24. The summed E-state index contributed by atoms with van der Waals surface area (Å²) in [6.07, 6.45) is 10.3. The number of nitrogens with one attached hydrogen (secondary N) is 1. The Labute approximate surface area is 124 Å². The zero-order valence-electron chi connectivity index (χ0n) is 13.3. The monoisotopic (exact) mass is 277 g/mol. The topological polar surface area (TPSA) is 28.2 Å². The van der Waals surface area contributed by atoms with Crippen molar-refractivity contribution in [1.29, 1.82) is 0 Å². The average molecular weight is 277 g/mol. The van der Waals surface area contributed by atoms with Crippen LogP contribution in [0.4, 0.5) is 0 Å². The zero-order valence-corrected chi connectivity index (χ0v) is 13.3. The minimum atomic E-state index is 1.05. The maximum Gasteiger partial charge on any atom is 0.0271 e. The van der Waals surface area contributed by atoms with Crippen LogP contribution in [0.25, 0.3) is 0 Å². The van der Waals surface area contributed by atoms with Gasteiger partial charge in [-0.1, -0.05) is 26.7 Å². The number of nitrogens with zero attached hydrogens (tertiary/aromatic N) is 2. The number of aromatic nitrogens is 1. The Hall–Kier alpha value is -0.930. The molecular formula is C17H31N3. The van der Waals surface area contributed by atoms with Gasteiger partial charge in [-0.2, -0.15) is 0 Å². The highest BCUT2D eigenvalue weighted by molar-refractivity contribution is 5.09. The van der Waals surface area contributed by atoms with Crippen molar-refractivity contribution in [3.63, 3.8) is 0 Å². The number of hydrogen-bond acceptors (Lipinski definition) is 3. The van der Waals surface area contributed by atoms with Gasteiger partial charge in [0.05, 0.1) is 0 Å². The second-order valence-corrected chi connectivity index (χ2v) is 5.39. The molecule has 3 nitrogen and oxygen atoms in total. The van der Waals surface area contributed by atoms with Gasteiger partial charge in [-0.3, -0.25) is 9.88 Å². The van der Waals surface area contributed by atoms with E-state index in [4.69, 9.17) is 0 Å². The molecule has 0 fully saturated rings. The van der Waals surface area contributed by atoms with Crippen LogP contribution in [0.15, 0.2) is 24.5 Å². The van der Waals surface area contributed by atoms with E-state index in [1.807, 2.05) is 12.4 Å². The summed E-state index contributed by atoms with van der Waals surface area (Å²) in [5.41, 5.74) is 1.37. The molecule has 0 saturated carbocycles. The quantitative estimate of drug-likeness (QED) is 0.593.